The number of ether oxygens (including phenoxy) is 1. The summed E-state index contributed by atoms with van der Waals surface area (Å²) >= 11 is 0. The van der Waals surface area contributed by atoms with Crippen LogP contribution in [0.3, 0.4) is 0 Å². The van der Waals surface area contributed by atoms with Crippen LogP contribution >= 0.6 is 0 Å². The highest BCUT2D eigenvalue weighted by Gasteiger charge is 2.31. The smallest absolute Gasteiger partial charge is 0.121 e. The molecule has 1 aromatic rings. The van der Waals surface area contributed by atoms with Crippen LogP contribution in [-0.4, -0.2) is 38.7 Å². The molecule has 0 saturated carbocycles. The summed E-state index contributed by atoms with van der Waals surface area (Å²) in [6.07, 6.45) is 0. The Morgan fingerprint density at radius 3 is 2.28 bits per heavy atom. The number of methoxy groups -OCH3 is 1. The molecule has 3 heteroatoms. The van der Waals surface area contributed by atoms with Crippen molar-refractivity contribution in [3.63, 3.8) is 0 Å². The Balaban J connectivity index is 3.19. The Hall–Kier alpha value is -1.06. The number of likely N-dealkylation sites (N-methyl/N-ethyl adjacent to an activating group) is 2. The molecule has 102 valence electrons. The van der Waals surface area contributed by atoms with Gasteiger partial charge in [-0.1, -0.05) is 12.1 Å². The van der Waals surface area contributed by atoms with E-state index in [0.717, 1.165) is 5.75 Å². The van der Waals surface area contributed by atoms with Gasteiger partial charge in [0.25, 0.3) is 0 Å². The summed E-state index contributed by atoms with van der Waals surface area (Å²) in [7, 11) is 7.95. The Kier molecular flexibility index (Phi) is 4.77. The zero-order valence-corrected chi connectivity index (χ0v) is 12.7. The molecule has 0 fully saturated rings. The average molecular weight is 250 g/mol. The number of nitrogens with zero attached hydrogens (tertiary/aromatic N) is 1. The lowest BCUT2D eigenvalue weighted by atomic mass is 9.87. The first-order chi connectivity index (χ1) is 8.33. The summed E-state index contributed by atoms with van der Waals surface area (Å²) in [5.41, 5.74) is 2.48. The van der Waals surface area contributed by atoms with Crippen molar-refractivity contribution in [1.29, 1.82) is 0 Å². The van der Waals surface area contributed by atoms with Gasteiger partial charge in [0.1, 0.15) is 5.75 Å². The zero-order chi connectivity index (χ0) is 13.9. The Labute approximate surface area is 111 Å². The maximum absolute atomic E-state index is 5.32. The lowest BCUT2D eigenvalue weighted by Crippen LogP contribution is -2.48. The minimum atomic E-state index is 0.00449. The fourth-order valence-corrected chi connectivity index (χ4v) is 2.57. The maximum Gasteiger partial charge on any atom is 0.121 e. The normalized spacial score (nSPS) is 13.8. The number of hydrogen-bond acceptors (Lipinski definition) is 3. The predicted octanol–water partition coefficient (Wildman–Crippen LogP) is 2.60. The highest BCUT2D eigenvalue weighted by Crippen LogP contribution is 2.32. The van der Waals surface area contributed by atoms with Crippen LogP contribution in [0.5, 0.6) is 5.75 Å². The molecule has 0 amide bonds. The van der Waals surface area contributed by atoms with E-state index in [2.05, 4.69) is 57.2 Å². The van der Waals surface area contributed by atoms with Crippen molar-refractivity contribution in [1.82, 2.24) is 10.2 Å². The van der Waals surface area contributed by atoms with Gasteiger partial charge in [0.2, 0.25) is 0 Å². The summed E-state index contributed by atoms with van der Waals surface area (Å²) in [4.78, 5) is 2.25. The molecule has 0 aliphatic carbocycles. The number of rotatable bonds is 5. The first-order valence-corrected chi connectivity index (χ1v) is 6.33. The summed E-state index contributed by atoms with van der Waals surface area (Å²) in [5, 5.41) is 3.40. The molecular formula is C15H26N2O. The Bertz CT molecular complexity index is 399. The van der Waals surface area contributed by atoms with Gasteiger partial charge < -0.3 is 15.0 Å². The van der Waals surface area contributed by atoms with Crippen molar-refractivity contribution in [3.8, 4) is 5.75 Å². The molecule has 1 rings (SSSR count). The second kappa shape index (κ2) is 5.72. The number of hydrogen-bond donors (Lipinski definition) is 1. The molecule has 0 heterocycles. The van der Waals surface area contributed by atoms with Crippen molar-refractivity contribution >= 4 is 0 Å². The molecule has 0 aromatic heterocycles. The molecule has 0 aliphatic rings. The second-order valence-electron chi connectivity index (χ2n) is 5.57. The third kappa shape index (κ3) is 3.03. The van der Waals surface area contributed by atoms with Crippen LogP contribution in [0, 0.1) is 6.92 Å². The topological polar surface area (TPSA) is 24.5 Å². The average Bonchev–Trinajstić information content (AvgIpc) is 2.28. The molecule has 0 spiro atoms. The molecular weight excluding hydrogens is 224 g/mol. The third-order valence-electron chi connectivity index (χ3n) is 3.58. The Morgan fingerprint density at radius 2 is 1.89 bits per heavy atom. The standard InChI is InChI=1S/C15H26N2O/c1-11-10-12(8-9-13(11)18-7)14(17(5)6)15(2,3)16-4/h8-10,14,16H,1-7H3. The maximum atomic E-state index is 5.32. The molecule has 0 bridgehead atoms. The van der Waals surface area contributed by atoms with Crippen molar-refractivity contribution in [2.75, 3.05) is 28.3 Å². The van der Waals surface area contributed by atoms with Crippen molar-refractivity contribution < 1.29 is 4.74 Å². The molecule has 0 radical (unpaired) electrons. The molecule has 1 N–H and O–H groups in total. The molecule has 1 aromatic carbocycles. The van der Waals surface area contributed by atoms with E-state index in [9.17, 15) is 0 Å². The minimum absolute atomic E-state index is 0.00449. The van der Waals surface area contributed by atoms with Crippen LogP contribution in [0.15, 0.2) is 18.2 Å². The molecule has 3 nitrogen and oxygen atoms in total. The molecule has 0 aliphatic heterocycles. The van der Waals surface area contributed by atoms with Crippen LogP contribution < -0.4 is 10.1 Å². The third-order valence-corrected chi connectivity index (χ3v) is 3.58. The lowest BCUT2D eigenvalue weighted by molar-refractivity contribution is 0.177. The van der Waals surface area contributed by atoms with E-state index in [0.29, 0.717) is 6.04 Å². The van der Waals surface area contributed by atoms with Gasteiger partial charge in [-0.15, -0.1) is 0 Å². The van der Waals surface area contributed by atoms with Crippen LogP contribution in [0.25, 0.3) is 0 Å². The molecule has 1 unspecified atom stereocenters. The highest BCUT2D eigenvalue weighted by molar-refractivity contribution is 5.38. The van der Waals surface area contributed by atoms with Crippen LogP contribution in [-0.2, 0) is 0 Å². The van der Waals surface area contributed by atoms with E-state index >= 15 is 0 Å². The molecule has 1 atom stereocenters. The number of benzene rings is 1. The van der Waals surface area contributed by atoms with E-state index in [4.69, 9.17) is 4.74 Å². The van der Waals surface area contributed by atoms with E-state index < -0.39 is 0 Å². The monoisotopic (exact) mass is 250 g/mol. The lowest BCUT2D eigenvalue weighted by Gasteiger charge is -2.39. The van der Waals surface area contributed by atoms with Gasteiger partial charge >= 0.3 is 0 Å². The predicted molar refractivity (Wildman–Crippen MR) is 77.3 cm³/mol. The summed E-state index contributed by atoms with van der Waals surface area (Å²) < 4.78 is 5.32. The number of nitrogens with one attached hydrogen (secondary N) is 1. The molecule has 0 saturated heterocycles. The van der Waals surface area contributed by atoms with E-state index in [-0.39, 0.29) is 5.54 Å². The highest BCUT2D eigenvalue weighted by atomic mass is 16.5. The van der Waals surface area contributed by atoms with E-state index in [1.807, 2.05) is 13.1 Å². The van der Waals surface area contributed by atoms with Gasteiger partial charge in [0.15, 0.2) is 0 Å². The first-order valence-electron chi connectivity index (χ1n) is 6.33. The summed E-state index contributed by atoms with van der Waals surface area (Å²) in [5.74, 6) is 0.943. The zero-order valence-electron chi connectivity index (χ0n) is 12.7. The summed E-state index contributed by atoms with van der Waals surface area (Å²) in [6.45, 7) is 6.52. The quantitative estimate of drug-likeness (QED) is 0.869. The van der Waals surface area contributed by atoms with Crippen molar-refractivity contribution in [2.24, 2.45) is 0 Å². The van der Waals surface area contributed by atoms with Crippen molar-refractivity contribution in [3.05, 3.63) is 29.3 Å². The van der Waals surface area contributed by atoms with Gasteiger partial charge in [0, 0.05) is 5.54 Å². The van der Waals surface area contributed by atoms with Crippen LogP contribution in [0.2, 0.25) is 0 Å². The van der Waals surface area contributed by atoms with Gasteiger partial charge in [-0.3, -0.25) is 0 Å². The van der Waals surface area contributed by atoms with E-state index in [1.165, 1.54) is 11.1 Å². The summed E-state index contributed by atoms with van der Waals surface area (Å²) in [6, 6.07) is 6.72. The first kappa shape index (κ1) is 15.0. The fourth-order valence-electron chi connectivity index (χ4n) is 2.57. The van der Waals surface area contributed by atoms with Crippen LogP contribution in [0.4, 0.5) is 0 Å². The number of aryl methyl sites for hydroxylation is 1. The SMILES string of the molecule is CNC(C)(C)C(c1ccc(OC)c(C)c1)N(C)C. The van der Waals surface area contributed by atoms with Gasteiger partial charge in [0.05, 0.1) is 13.2 Å². The fraction of sp³-hybridized carbons (Fsp3) is 0.600. The van der Waals surface area contributed by atoms with Crippen molar-refractivity contribution in [2.45, 2.75) is 32.4 Å². The second-order valence-corrected chi connectivity index (χ2v) is 5.57. The van der Waals surface area contributed by atoms with Gasteiger partial charge in [-0.25, -0.2) is 0 Å². The van der Waals surface area contributed by atoms with Crippen LogP contribution in [0.1, 0.15) is 31.0 Å². The molecule has 18 heavy (non-hydrogen) atoms. The van der Waals surface area contributed by atoms with E-state index in [1.54, 1.807) is 7.11 Å². The minimum Gasteiger partial charge on any atom is -0.496 e. The van der Waals surface area contributed by atoms with Gasteiger partial charge in [-0.2, -0.15) is 0 Å². The Morgan fingerprint density at radius 1 is 1.28 bits per heavy atom. The van der Waals surface area contributed by atoms with Gasteiger partial charge in [-0.05, 0) is 59.1 Å². The largest absolute Gasteiger partial charge is 0.496 e.